The van der Waals surface area contributed by atoms with Gasteiger partial charge in [-0.3, -0.25) is 0 Å². The van der Waals surface area contributed by atoms with Crippen LogP contribution in [0.25, 0.3) is 0 Å². The molecule has 3 fully saturated rings. The Morgan fingerprint density at radius 3 is 1.97 bits per heavy atom. The summed E-state index contributed by atoms with van der Waals surface area (Å²) in [6.07, 6.45) is 14.3. The Morgan fingerprint density at radius 1 is 0.833 bits per heavy atom. The van der Waals surface area contributed by atoms with Crippen molar-refractivity contribution >= 4 is 0 Å². The molecule has 4 rings (SSSR count). The van der Waals surface area contributed by atoms with Crippen molar-refractivity contribution in [3.8, 4) is 0 Å². The van der Waals surface area contributed by atoms with Crippen molar-refractivity contribution in [2.45, 2.75) is 90.8 Å². The zero-order valence-corrected chi connectivity index (χ0v) is 19.1. The van der Waals surface area contributed by atoms with E-state index in [1.54, 1.807) is 13.0 Å². The van der Waals surface area contributed by atoms with Gasteiger partial charge in [-0.15, -0.1) is 0 Å². The Balaban J connectivity index is 1.15. The molecule has 2 nitrogen and oxygen atoms in total. The van der Waals surface area contributed by atoms with Gasteiger partial charge in [-0.2, -0.15) is 0 Å². The van der Waals surface area contributed by atoms with Crippen LogP contribution in [0.2, 0.25) is 0 Å². The highest BCUT2D eigenvalue weighted by atomic mass is 19.1. The lowest BCUT2D eigenvalue weighted by Gasteiger charge is -2.41. The molecule has 0 aromatic heterocycles. The lowest BCUT2D eigenvalue weighted by molar-refractivity contribution is -0.212. The maximum atomic E-state index is 13.7. The van der Waals surface area contributed by atoms with Crippen LogP contribution in [0.4, 0.5) is 4.39 Å². The molecule has 1 aromatic carbocycles. The molecule has 3 heteroatoms. The van der Waals surface area contributed by atoms with Gasteiger partial charge in [-0.05, 0) is 92.7 Å². The largest absolute Gasteiger partial charge is 0.352 e. The van der Waals surface area contributed by atoms with E-state index in [9.17, 15) is 4.39 Å². The van der Waals surface area contributed by atoms with Crippen LogP contribution in [-0.4, -0.2) is 19.5 Å². The van der Waals surface area contributed by atoms with Crippen molar-refractivity contribution in [2.75, 3.05) is 13.2 Å². The first-order valence-corrected chi connectivity index (χ1v) is 12.6. The summed E-state index contributed by atoms with van der Waals surface area (Å²) in [5.41, 5.74) is 1.73. The highest BCUT2D eigenvalue weighted by molar-refractivity contribution is 5.23. The third kappa shape index (κ3) is 5.65. The minimum absolute atomic E-state index is 0.118. The Labute approximate surface area is 182 Å². The van der Waals surface area contributed by atoms with E-state index in [4.69, 9.17) is 9.47 Å². The molecule has 0 radical (unpaired) electrons. The molecule has 1 heterocycles. The van der Waals surface area contributed by atoms with Gasteiger partial charge >= 0.3 is 0 Å². The fourth-order valence-corrected chi connectivity index (χ4v) is 6.23. The van der Waals surface area contributed by atoms with E-state index >= 15 is 0 Å². The third-order valence-corrected chi connectivity index (χ3v) is 8.52. The van der Waals surface area contributed by atoms with Gasteiger partial charge in [-0.25, -0.2) is 4.39 Å². The van der Waals surface area contributed by atoms with Crippen LogP contribution in [-0.2, 0) is 15.9 Å². The second-order valence-corrected chi connectivity index (χ2v) is 10.3. The van der Waals surface area contributed by atoms with Crippen molar-refractivity contribution in [1.82, 2.24) is 0 Å². The molecule has 1 aromatic rings. The van der Waals surface area contributed by atoms with Crippen molar-refractivity contribution in [3.63, 3.8) is 0 Å². The number of halogens is 1. The van der Waals surface area contributed by atoms with Gasteiger partial charge in [0.1, 0.15) is 5.82 Å². The predicted molar refractivity (Wildman–Crippen MR) is 120 cm³/mol. The second kappa shape index (κ2) is 10.6. The van der Waals surface area contributed by atoms with Gasteiger partial charge in [0, 0.05) is 12.3 Å². The van der Waals surface area contributed by atoms with Crippen LogP contribution in [0.15, 0.2) is 18.2 Å². The maximum absolute atomic E-state index is 13.7. The Morgan fingerprint density at radius 2 is 1.40 bits per heavy atom. The summed E-state index contributed by atoms with van der Waals surface area (Å²) >= 11 is 0. The van der Waals surface area contributed by atoms with E-state index in [2.05, 4.69) is 6.92 Å². The van der Waals surface area contributed by atoms with Crippen molar-refractivity contribution < 1.29 is 13.9 Å². The number of hydrogen-bond acceptors (Lipinski definition) is 2. The summed E-state index contributed by atoms with van der Waals surface area (Å²) in [6.45, 7) is 5.84. The molecule has 0 N–H and O–H groups in total. The minimum Gasteiger partial charge on any atom is -0.352 e. The van der Waals surface area contributed by atoms with Gasteiger partial charge in [0.05, 0.1) is 13.2 Å². The Kier molecular flexibility index (Phi) is 7.86. The van der Waals surface area contributed by atoms with Crippen LogP contribution in [0.3, 0.4) is 0 Å². The van der Waals surface area contributed by atoms with Crippen LogP contribution >= 0.6 is 0 Å². The van der Waals surface area contributed by atoms with Gasteiger partial charge in [0.25, 0.3) is 0 Å². The summed E-state index contributed by atoms with van der Waals surface area (Å²) in [6, 6.07) is 5.51. The first-order valence-electron chi connectivity index (χ1n) is 12.6. The Bertz CT molecular complexity index is 651. The second-order valence-electron chi connectivity index (χ2n) is 10.3. The fourth-order valence-electron chi connectivity index (χ4n) is 6.23. The topological polar surface area (TPSA) is 18.5 Å². The molecular weight excluding hydrogens is 375 g/mol. The average Bonchev–Trinajstić information content (AvgIpc) is 2.80. The molecule has 168 valence electrons. The first kappa shape index (κ1) is 22.3. The molecule has 0 bridgehead atoms. The van der Waals surface area contributed by atoms with Crippen molar-refractivity contribution in [3.05, 3.63) is 35.1 Å². The standard InChI is InChI=1S/C27H41FO2/c1-3-20-6-9-22(10-7-20)23-11-13-24(14-12-23)25-17-29-27(30-18-25)15-8-21-5-4-19(2)26(28)16-21/h4-5,16,20,22-25,27H,3,6-15,17-18H2,1-2H3. The molecule has 0 amide bonds. The lowest BCUT2D eigenvalue weighted by Crippen LogP contribution is -2.38. The predicted octanol–water partition coefficient (Wildman–Crippen LogP) is 7.08. The van der Waals surface area contributed by atoms with E-state index in [1.807, 2.05) is 12.1 Å². The zero-order chi connectivity index (χ0) is 20.9. The highest BCUT2D eigenvalue weighted by Crippen LogP contribution is 2.43. The van der Waals surface area contributed by atoms with Crippen LogP contribution in [0.1, 0.15) is 82.3 Å². The smallest absolute Gasteiger partial charge is 0.157 e. The molecule has 2 saturated carbocycles. The SMILES string of the molecule is CCC1CCC(C2CCC(C3COC(CCc4ccc(C)c(F)c4)OC3)CC2)CC1. The van der Waals surface area contributed by atoms with Gasteiger partial charge in [0.2, 0.25) is 0 Å². The molecule has 2 aliphatic carbocycles. The molecule has 1 aliphatic heterocycles. The molecule has 0 unspecified atom stereocenters. The van der Waals surface area contributed by atoms with E-state index in [0.717, 1.165) is 55.3 Å². The molecule has 0 spiro atoms. The normalized spacial score (nSPS) is 35.3. The van der Waals surface area contributed by atoms with Crippen LogP contribution < -0.4 is 0 Å². The summed E-state index contributed by atoms with van der Waals surface area (Å²) in [7, 11) is 0. The van der Waals surface area contributed by atoms with Crippen LogP contribution in [0.5, 0.6) is 0 Å². The first-order chi connectivity index (χ1) is 14.6. The van der Waals surface area contributed by atoms with Gasteiger partial charge in [-0.1, -0.05) is 38.3 Å². The van der Waals surface area contributed by atoms with Gasteiger partial charge in [0.15, 0.2) is 6.29 Å². The average molecular weight is 417 g/mol. The van der Waals surface area contributed by atoms with Crippen molar-refractivity contribution in [1.29, 1.82) is 0 Å². The molecule has 3 aliphatic rings. The number of benzene rings is 1. The molecular formula is C27H41FO2. The minimum atomic E-state index is -0.129. The Hall–Kier alpha value is -0.930. The van der Waals surface area contributed by atoms with Gasteiger partial charge < -0.3 is 9.47 Å². The number of rotatable bonds is 6. The lowest BCUT2D eigenvalue weighted by atomic mass is 9.67. The number of aryl methyl sites for hydroxylation is 2. The third-order valence-electron chi connectivity index (χ3n) is 8.52. The van der Waals surface area contributed by atoms with E-state index < -0.39 is 0 Å². The monoisotopic (exact) mass is 416 g/mol. The quantitative estimate of drug-likeness (QED) is 0.493. The summed E-state index contributed by atoms with van der Waals surface area (Å²) < 4.78 is 25.9. The zero-order valence-electron chi connectivity index (χ0n) is 19.1. The van der Waals surface area contributed by atoms with Crippen molar-refractivity contribution in [2.24, 2.45) is 29.6 Å². The molecule has 30 heavy (non-hydrogen) atoms. The summed E-state index contributed by atoms with van der Waals surface area (Å²) in [5.74, 6) is 4.21. The van der Waals surface area contributed by atoms with Crippen LogP contribution in [0, 0.1) is 42.3 Å². The van der Waals surface area contributed by atoms with E-state index in [1.165, 1.54) is 57.8 Å². The number of hydrogen-bond donors (Lipinski definition) is 0. The fraction of sp³-hybridized carbons (Fsp3) is 0.778. The molecule has 0 atom stereocenters. The highest BCUT2D eigenvalue weighted by Gasteiger charge is 2.35. The number of ether oxygens (including phenoxy) is 2. The summed E-state index contributed by atoms with van der Waals surface area (Å²) in [4.78, 5) is 0. The summed E-state index contributed by atoms with van der Waals surface area (Å²) in [5, 5.41) is 0. The van der Waals surface area contributed by atoms with E-state index in [-0.39, 0.29) is 12.1 Å². The van der Waals surface area contributed by atoms with E-state index in [0.29, 0.717) is 11.5 Å². The maximum Gasteiger partial charge on any atom is 0.157 e. The molecule has 1 saturated heterocycles.